The fourth-order valence-corrected chi connectivity index (χ4v) is 6.83. The summed E-state index contributed by atoms with van der Waals surface area (Å²) in [5, 5.41) is 6.67. The van der Waals surface area contributed by atoms with E-state index < -0.39 is 27.9 Å². The van der Waals surface area contributed by atoms with Crippen LogP contribution < -0.4 is 10.6 Å². The summed E-state index contributed by atoms with van der Waals surface area (Å²) >= 11 is 7.98. The molecular weight excluding hydrogens is 474 g/mol. The lowest BCUT2D eigenvalue weighted by atomic mass is 9.97. The SMILES string of the molecule is COC(=O)NC(=O)c1ccsc1NC(=O)C1CCN(S(=O)(=O)c2ccc(Cl)s2)CC1. The van der Waals surface area contributed by atoms with Crippen LogP contribution in [0.2, 0.25) is 4.34 Å². The van der Waals surface area contributed by atoms with Crippen molar-refractivity contribution in [3.63, 3.8) is 0 Å². The number of carbonyl (C=O) groups excluding carboxylic acids is 3. The maximum Gasteiger partial charge on any atom is 0.413 e. The zero-order chi connectivity index (χ0) is 21.9. The molecule has 0 bridgehead atoms. The van der Waals surface area contributed by atoms with Gasteiger partial charge in [0.1, 0.15) is 9.21 Å². The van der Waals surface area contributed by atoms with Crippen LogP contribution in [0.1, 0.15) is 23.2 Å². The standard InChI is InChI=1S/C17H18ClN3O6S3/c1-27-17(24)20-15(23)11-6-9-28-16(11)19-14(22)10-4-7-21(8-5-10)30(25,26)13-3-2-12(18)29-13/h2-3,6,9-10H,4-5,7-8H2,1H3,(H,19,22)(H,20,23,24). The van der Waals surface area contributed by atoms with Gasteiger partial charge in [0, 0.05) is 19.0 Å². The molecule has 0 aromatic carbocycles. The first-order chi connectivity index (χ1) is 14.2. The molecule has 162 valence electrons. The van der Waals surface area contributed by atoms with Gasteiger partial charge in [0.2, 0.25) is 5.91 Å². The fraction of sp³-hybridized carbons (Fsp3) is 0.353. The van der Waals surface area contributed by atoms with Crippen LogP contribution in [0.3, 0.4) is 0 Å². The zero-order valence-corrected chi connectivity index (χ0v) is 18.9. The Labute approximate surface area is 186 Å². The first kappa shape index (κ1) is 22.7. The van der Waals surface area contributed by atoms with Gasteiger partial charge in [0.25, 0.3) is 15.9 Å². The molecule has 0 atom stereocenters. The molecular formula is C17H18ClN3O6S3. The molecule has 0 unspecified atom stereocenters. The monoisotopic (exact) mass is 491 g/mol. The van der Waals surface area contributed by atoms with E-state index in [9.17, 15) is 22.8 Å². The van der Waals surface area contributed by atoms with Crippen molar-refractivity contribution in [3.05, 3.63) is 33.5 Å². The molecule has 0 radical (unpaired) electrons. The maximum absolute atomic E-state index is 12.7. The highest BCUT2D eigenvalue weighted by Crippen LogP contribution is 2.31. The predicted molar refractivity (Wildman–Crippen MR) is 114 cm³/mol. The van der Waals surface area contributed by atoms with Gasteiger partial charge in [-0.15, -0.1) is 22.7 Å². The van der Waals surface area contributed by atoms with Gasteiger partial charge in [0.15, 0.2) is 0 Å². The maximum atomic E-state index is 12.7. The number of hydrogen-bond donors (Lipinski definition) is 2. The number of imide groups is 1. The normalized spacial score (nSPS) is 15.5. The highest BCUT2D eigenvalue weighted by atomic mass is 35.5. The Morgan fingerprint density at radius 2 is 1.90 bits per heavy atom. The van der Waals surface area contributed by atoms with Gasteiger partial charge in [-0.05, 0) is 36.4 Å². The average molecular weight is 492 g/mol. The third-order valence-corrected chi connectivity index (χ3v) is 8.94. The highest BCUT2D eigenvalue weighted by Gasteiger charge is 2.33. The number of alkyl carbamates (subject to hydrolysis) is 1. The quantitative estimate of drug-likeness (QED) is 0.663. The molecule has 1 aliphatic rings. The third kappa shape index (κ3) is 5.01. The fourth-order valence-electron chi connectivity index (χ4n) is 2.93. The second kappa shape index (κ2) is 9.43. The summed E-state index contributed by atoms with van der Waals surface area (Å²) in [5.41, 5.74) is 0.147. The number of carbonyl (C=O) groups is 3. The van der Waals surface area contributed by atoms with Crippen LogP contribution in [0.4, 0.5) is 9.80 Å². The van der Waals surface area contributed by atoms with Crippen LogP contribution in [0.25, 0.3) is 0 Å². The number of anilines is 1. The summed E-state index contributed by atoms with van der Waals surface area (Å²) < 4.78 is 31.6. The largest absolute Gasteiger partial charge is 0.453 e. The minimum Gasteiger partial charge on any atom is -0.453 e. The Morgan fingerprint density at radius 3 is 2.50 bits per heavy atom. The average Bonchev–Trinajstić information content (AvgIpc) is 3.37. The number of rotatable bonds is 5. The topological polar surface area (TPSA) is 122 Å². The number of nitrogens with zero attached hydrogens (tertiary/aromatic N) is 1. The third-order valence-electron chi connectivity index (χ3n) is 4.51. The van der Waals surface area contributed by atoms with Crippen molar-refractivity contribution in [3.8, 4) is 0 Å². The summed E-state index contributed by atoms with van der Waals surface area (Å²) in [5.74, 6) is -1.39. The van der Waals surface area contributed by atoms with E-state index in [0.717, 1.165) is 29.8 Å². The number of piperidine rings is 1. The van der Waals surface area contributed by atoms with E-state index in [2.05, 4.69) is 10.1 Å². The Balaban J connectivity index is 1.60. The van der Waals surface area contributed by atoms with Crippen molar-refractivity contribution >= 4 is 67.2 Å². The van der Waals surface area contributed by atoms with Gasteiger partial charge < -0.3 is 10.1 Å². The second-order valence-corrected chi connectivity index (χ2v) is 11.1. The van der Waals surface area contributed by atoms with Crippen LogP contribution >= 0.6 is 34.3 Å². The van der Waals surface area contributed by atoms with Gasteiger partial charge in [-0.1, -0.05) is 11.6 Å². The summed E-state index contributed by atoms with van der Waals surface area (Å²) in [7, 11) is -2.49. The van der Waals surface area contributed by atoms with Gasteiger partial charge in [-0.2, -0.15) is 4.31 Å². The molecule has 1 aliphatic heterocycles. The molecule has 2 N–H and O–H groups in total. The van der Waals surface area contributed by atoms with Crippen LogP contribution in [0.15, 0.2) is 27.8 Å². The van der Waals surface area contributed by atoms with Gasteiger partial charge >= 0.3 is 6.09 Å². The van der Waals surface area contributed by atoms with Crippen molar-refractivity contribution in [1.82, 2.24) is 9.62 Å². The first-order valence-corrected chi connectivity index (χ1v) is 12.3. The van der Waals surface area contributed by atoms with Gasteiger partial charge in [-0.25, -0.2) is 13.2 Å². The smallest absolute Gasteiger partial charge is 0.413 e. The van der Waals surface area contributed by atoms with Crippen molar-refractivity contribution in [2.45, 2.75) is 17.1 Å². The molecule has 2 aromatic heterocycles. The lowest BCUT2D eigenvalue weighted by Crippen LogP contribution is -2.41. The molecule has 3 rings (SSSR count). The second-order valence-electron chi connectivity index (χ2n) is 6.34. The summed E-state index contributed by atoms with van der Waals surface area (Å²) in [4.78, 5) is 36.0. The lowest BCUT2D eigenvalue weighted by molar-refractivity contribution is -0.120. The summed E-state index contributed by atoms with van der Waals surface area (Å²) in [6.07, 6.45) is -0.206. The van der Waals surface area contributed by atoms with E-state index in [4.69, 9.17) is 11.6 Å². The van der Waals surface area contributed by atoms with E-state index in [1.807, 2.05) is 5.32 Å². The van der Waals surface area contributed by atoms with Crippen LogP contribution in [0, 0.1) is 5.92 Å². The molecule has 0 aliphatic carbocycles. The van der Waals surface area contributed by atoms with Crippen LogP contribution in [-0.2, 0) is 19.6 Å². The lowest BCUT2D eigenvalue weighted by Gasteiger charge is -2.30. The van der Waals surface area contributed by atoms with Crippen LogP contribution in [-0.4, -0.2) is 50.8 Å². The molecule has 1 saturated heterocycles. The van der Waals surface area contributed by atoms with Crippen molar-refractivity contribution in [2.75, 3.05) is 25.5 Å². The molecule has 30 heavy (non-hydrogen) atoms. The van der Waals surface area contributed by atoms with Gasteiger partial charge in [-0.3, -0.25) is 14.9 Å². The minimum atomic E-state index is -3.63. The Morgan fingerprint density at radius 1 is 1.20 bits per heavy atom. The molecule has 3 amide bonds. The Kier molecular flexibility index (Phi) is 7.14. The number of amides is 3. The first-order valence-electron chi connectivity index (χ1n) is 8.75. The number of methoxy groups -OCH3 is 1. The molecule has 0 spiro atoms. The molecule has 9 nitrogen and oxygen atoms in total. The summed E-state index contributed by atoms with van der Waals surface area (Å²) in [6, 6.07) is 4.49. The summed E-state index contributed by atoms with van der Waals surface area (Å²) in [6.45, 7) is 0.409. The minimum absolute atomic E-state index is 0.147. The van der Waals surface area contributed by atoms with Crippen molar-refractivity contribution in [2.24, 2.45) is 5.92 Å². The number of thiophene rings is 2. The number of sulfonamides is 1. The Bertz CT molecular complexity index is 1060. The molecule has 13 heteroatoms. The van der Waals surface area contributed by atoms with E-state index in [1.54, 1.807) is 5.38 Å². The van der Waals surface area contributed by atoms with Crippen LogP contribution in [0.5, 0.6) is 0 Å². The van der Waals surface area contributed by atoms with E-state index >= 15 is 0 Å². The molecule has 1 fully saturated rings. The Hall–Kier alpha value is -1.99. The van der Waals surface area contributed by atoms with E-state index in [1.165, 1.54) is 22.5 Å². The zero-order valence-electron chi connectivity index (χ0n) is 15.7. The van der Waals surface area contributed by atoms with E-state index in [0.29, 0.717) is 22.2 Å². The van der Waals surface area contributed by atoms with Gasteiger partial charge in [0.05, 0.1) is 17.0 Å². The highest BCUT2D eigenvalue weighted by molar-refractivity contribution is 7.91. The number of nitrogens with one attached hydrogen (secondary N) is 2. The van der Waals surface area contributed by atoms with E-state index in [-0.39, 0.29) is 28.8 Å². The number of ether oxygens (including phenoxy) is 1. The number of halogens is 1. The molecule has 0 saturated carbocycles. The molecule has 3 heterocycles. The predicted octanol–water partition coefficient (Wildman–Crippen LogP) is 3.00. The molecule has 2 aromatic rings. The number of hydrogen-bond acceptors (Lipinski definition) is 8. The van der Waals surface area contributed by atoms with Crippen molar-refractivity contribution in [1.29, 1.82) is 0 Å². The van der Waals surface area contributed by atoms with Crippen molar-refractivity contribution < 1.29 is 27.5 Å².